The molecule has 1 saturated carbocycles. The number of hydrogen-bond acceptors (Lipinski definition) is 4. The number of alkyl halides is 3. The third-order valence-electron chi connectivity index (χ3n) is 6.57. The average molecular weight is 499 g/mol. The van der Waals surface area contributed by atoms with Crippen LogP contribution < -0.4 is 4.74 Å². The first-order valence-electron chi connectivity index (χ1n) is 11.3. The van der Waals surface area contributed by atoms with Gasteiger partial charge in [-0.15, -0.1) is 0 Å². The highest BCUT2D eigenvalue weighted by molar-refractivity contribution is 5.94. The monoisotopic (exact) mass is 499 g/mol. The summed E-state index contributed by atoms with van der Waals surface area (Å²) in [6.45, 7) is 0. The van der Waals surface area contributed by atoms with Gasteiger partial charge in [0.2, 0.25) is 0 Å². The van der Waals surface area contributed by atoms with E-state index in [0.717, 1.165) is 44.0 Å². The van der Waals surface area contributed by atoms with Crippen LogP contribution in [0.2, 0.25) is 0 Å². The van der Waals surface area contributed by atoms with Gasteiger partial charge in [0, 0.05) is 11.6 Å². The van der Waals surface area contributed by atoms with Crippen LogP contribution in [0.5, 0.6) is 5.75 Å². The molecular formula is C26H21F4N3O3. The first-order chi connectivity index (χ1) is 17.2. The molecule has 0 spiro atoms. The van der Waals surface area contributed by atoms with Crippen LogP contribution in [0.3, 0.4) is 0 Å². The molecule has 0 radical (unpaired) electrons. The molecule has 2 aromatic heterocycles. The lowest BCUT2D eigenvalue weighted by atomic mass is 9.89. The summed E-state index contributed by atoms with van der Waals surface area (Å²) in [7, 11) is 1.26. The SMILES string of the molecule is COc1cc(-n2cc3ncc(F)c(-c4ccc(C(=O)O)c(C5CCCC5)c4)c3n2)cc(C(F)(F)F)c1. The van der Waals surface area contributed by atoms with Crippen molar-refractivity contribution in [3.8, 4) is 22.6 Å². The second kappa shape index (κ2) is 8.92. The van der Waals surface area contributed by atoms with Crippen molar-refractivity contribution in [3.05, 3.63) is 71.3 Å². The summed E-state index contributed by atoms with van der Waals surface area (Å²) in [5.74, 6) is -1.67. The quantitative estimate of drug-likeness (QED) is 0.313. The summed E-state index contributed by atoms with van der Waals surface area (Å²) in [4.78, 5) is 15.9. The first-order valence-corrected chi connectivity index (χ1v) is 11.3. The predicted octanol–water partition coefficient (Wildman–Crippen LogP) is 6.61. The molecule has 0 amide bonds. The van der Waals surface area contributed by atoms with E-state index < -0.39 is 23.5 Å². The van der Waals surface area contributed by atoms with Gasteiger partial charge in [-0.3, -0.25) is 0 Å². The normalized spacial score (nSPS) is 14.5. The van der Waals surface area contributed by atoms with Crippen LogP contribution in [0.25, 0.3) is 27.8 Å². The molecule has 0 atom stereocenters. The number of aromatic carboxylic acids is 1. The van der Waals surface area contributed by atoms with Gasteiger partial charge >= 0.3 is 12.1 Å². The van der Waals surface area contributed by atoms with E-state index in [0.29, 0.717) is 11.1 Å². The van der Waals surface area contributed by atoms with Crippen LogP contribution >= 0.6 is 0 Å². The van der Waals surface area contributed by atoms with Crippen molar-refractivity contribution in [1.82, 2.24) is 14.8 Å². The fourth-order valence-electron chi connectivity index (χ4n) is 4.83. The van der Waals surface area contributed by atoms with Gasteiger partial charge in [-0.2, -0.15) is 18.3 Å². The summed E-state index contributed by atoms with van der Waals surface area (Å²) >= 11 is 0. The van der Waals surface area contributed by atoms with Crippen LogP contribution in [0, 0.1) is 5.82 Å². The zero-order valence-electron chi connectivity index (χ0n) is 19.1. The molecule has 4 aromatic rings. The van der Waals surface area contributed by atoms with E-state index in [2.05, 4.69) is 10.1 Å². The van der Waals surface area contributed by atoms with E-state index in [1.807, 2.05) is 0 Å². The Morgan fingerprint density at radius 3 is 2.56 bits per heavy atom. The summed E-state index contributed by atoms with van der Waals surface area (Å²) in [5.41, 5.74) is 0.925. The Morgan fingerprint density at radius 2 is 1.89 bits per heavy atom. The zero-order chi connectivity index (χ0) is 25.6. The summed E-state index contributed by atoms with van der Waals surface area (Å²) < 4.78 is 61.6. The number of methoxy groups -OCH3 is 1. The zero-order valence-corrected chi connectivity index (χ0v) is 19.1. The Balaban J connectivity index is 1.67. The number of ether oxygens (including phenoxy) is 1. The van der Waals surface area contributed by atoms with Gasteiger partial charge in [0.05, 0.1) is 36.3 Å². The van der Waals surface area contributed by atoms with Crippen LogP contribution in [0.4, 0.5) is 17.6 Å². The molecule has 10 heteroatoms. The molecule has 186 valence electrons. The smallest absolute Gasteiger partial charge is 0.416 e. The molecule has 6 nitrogen and oxygen atoms in total. The minimum atomic E-state index is -4.60. The molecule has 0 saturated heterocycles. The number of pyridine rings is 1. The maximum Gasteiger partial charge on any atom is 0.416 e. The van der Waals surface area contributed by atoms with Crippen LogP contribution in [0.15, 0.2) is 48.8 Å². The Morgan fingerprint density at radius 1 is 1.14 bits per heavy atom. The fourth-order valence-corrected chi connectivity index (χ4v) is 4.83. The van der Waals surface area contributed by atoms with Crippen molar-refractivity contribution < 1.29 is 32.2 Å². The summed E-state index contributed by atoms with van der Waals surface area (Å²) in [5, 5.41) is 14.1. The largest absolute Gasteiger partial charge is 0.497 e. The number of aromatic nitrogens is 3. The number of rotatable bonds is 5. The molecule has 0 aliphatic heterocycles. The van der Waals surface area contributed by atoms with Gasteiger partial charge in [0.1, 0.15) is 16.8 Å². The maximum atomic E-state index is 15.1. The number of nitrogens with zero attached hydrogens (tertiary/aromatic N) is 3. The molecule has 2 aromatic carbocycles. The molecule has 1 aliphatic carbocycles. The molecule has 36 heavy (non-hydrogen) atoms. The minimum absolute atomic E-state index is 0.00999. The predicted molar refractivity (Wildman–Crippen MR) is 124 cm³/mol. The number of fused-ring (bicyclic) bond motifs is 1. The van der Waals surface area contributed by atoms with E-state index in [4.69, 9.17) is 4.74 Å². The molecule has 1 aliphatic rings. The minimum Gasteiger partial charge on any atom is -0.497 e. The number of hydrogen-bond donors (Lipinski definition) is 1. The Bertz CT molecular complexity index is 1470. The molecule has 0 bridgehead atoms. The van der Waals surface area contributed by atoms with Gasteiger partial charge in [-0.25, -0.2) is 18.9 Å². The van der Waals surface area contributed by atoms with Crippen molar-refractivity contribution in [2.24, 2.45) is 0 Å². The molecule has 0 unspecified atom stereocenters. The van der Waals surface area contributed by atoms with E-state index in [1.165, 1.54) is 36.2 Å². The third kappa shape index (κ3) is 4.27. The number of carbonyl (C=O) groups is 1. The first kappa shape index (κ1) is 23.8. The van der Waals surface area contributed by atoms with Crippen molar-refractivity contribution in [2.45, 2.75) is 37.8 Å². The van der Waals surface area contributed by atoms with Gasteiger partial charge in [0.25, 0.3) is 0 Å². The van der Waals surface area contributed by atoms with Crippen molar-refractivity contribution in [2.75, 3.05) is 7.11 Å². The van der Waals surface area contributed by atoms with E-state index in [-0.39, 0.29) is 39.5 Å². The van der Waals surface area contributed by atoms with Crippen molar-refractivity contribution in [1.29, 1.82) is 0 Å². The third-order valence-corrected chi connectivity index (χ3v) is 6.57. The lowest BCUT2D eigenvalue weighted by Gasteiger charge is -2.15. The average Bonchev–Trinajstić information content (AvgIpc) is 3.53. The van der Waals surface area contributed by atoms with Crippen LogP contribution in [-0.2, 0) is 6.18 Å². The van der Waals surface area contributed by atoms with Gasteiger partial charge < -0.3 is 9.84 Å². The Hall–Kier alpha value is -3.95. The highest BCUT2D eigenvalue weighted by Gasteiger charge is 2.32. The summed E-state index contributed by atoms with van der Waals surface area (Å²) in [6.07, 6.45) is 1.52. The lowest BCUT2D eigenvalue weighted by Crippen LogP contribution is -2.07. The molecule has 2 heterocycles. The fraction of sp³-hybridized carbons (Fsp3) is 0.269. The van der Waals surface area contributed by atoms with E-state index >= 15 is 4.39 Å². The van der Waals surface area contributed by atoms with E-state index in [9.17, 15) is 23.1 Å². The van der Waals surface area contributed by atoms with Crippen molar-refractivity contribution >= 4 is 17.0 Å². The van der Waals surface area contributed by atoms with Gasteiger partial charge in [-0.05, 0) is 54.2 Å². The Kier molecular flexibility index (Phi) is 5.89. The van der Waals surface area contributed by atoms with E-state index in [1.54, 1.807) is 6.07 Å². The van der Waals surface area contributed by atoms with Crippen LogP contribution in [-0.4, -0.2) is 33.0 Å². The maximum absolute atomic E-state index is 15.1. The highest BCUT2D eigenvalue weighted by atomic mass is 19.4. The van der Waals surface area contributed by atoms with Gasteiger partial charge in [0.15, 0.2) is 5.82 Å². The topological polar surface area (TPSA) is 77.2 Å². The molecular weight excluding hydrogens is 478 g/mol. The van der Waals surface area contributed by atoms with Gasteiger partial charge in [-0.1, -0.05) is 18.9 Å². The summed E-state index contributed by atoms with van der Waals surface area (Å²) in [6, 6.07) is 7.85. The number of halogens is 4. The molecule has 1 fully saturated rings. The number of benzene rings is 2. The second-order valence-electron chi connectivity index (χ2n) is 8.79. The standard InChI is InChI=1S/C26H21F4N3O3/c1-36-18-10-16(26(28,29)30)9-17(11-18)33-13-22-24(32-33)23(21(27)12-31-22)15-6-7-19(25(34)35)20(8-15)14-4-2-3-5-14/h6-14H,2-5H2,1H3,(H,34,35). The Labute approximate surface area is 203 Å². The lowest BCUT2D eigenvalue weighted by molar-refractivity contribution is -0.137. The van der Waals surface area contributed by atoms with Crippen molar-refractivity contribution in [3.63, 3.8) is 0 Å². The van der Waals surface area contributed by atoms with Crippen LogP contribution in [0.1, 0.15) is 53.1 Å². The highest BCUT2D eigenvalue weighted by Crippen LogP contribution is 2.39. The molecule has 1 N–H and O–H groups in total. The molecule has 5 rings (SSSR count). The number of carboxylic acid groups (broad SMARTS) is 1. The second-order valence-corrected chi connectivity index (χ2v) is 8.79. The number of carboxylic acids is 1.